The fourth-order valence-electron chi connectivity index (χ4n) is 7.30. The zero-order valence-electron chi connectivity index (χ0n) is 23.8. The van der Waals surface area contributed by atoms with Crippen LogP contribution in [0.25, 0.3) is 11.0 Å². The Morgan fingerprint density at radius 2 is 1.57 bits per heavy atom. The van der Waals surface area contributed by atoms with Gasteiger partial charge in [0.05, 0.1) is 32.1 Å². The minimum atomic E-state index is -1.97. The fourth-order valence-corrected chi connectivity index (χ4v) is 13.8. The Labute approximate surface area is 224 Å². The van der Waals surface area contributed by atoms with Crippen LogP contribution in [0, 0.1) is 5.92 Å². The quantitative estimate of drug-likeness (QED) is 0.275. The van der Waals surface area contributed by atoms with Gasteiger partial charge in [0.2, 0.25) is 0 Å². The molecule has 1 unspecified atom stereocenters. The van der Waals surface area contributed by atoms with Crippen LogP contribution in [0.4, 0.5) is 0 Å². The van der Waals surface area contributed by atoms with Crippen LogP contribution >= 0.6 is 0 Å². The van der Waals surface area contributed by atoms with Gasteiger partial charge < -0.3 is 18.8 Å². The molecule has 1 fully saturated rings. The molecule has 1 atom stereocenters. The third-order valence-electron chi connectivity index (χ3n) is 8.92. The Kier molecular flexibility index (Phi) is 8.82. The summed E-state index contributed by atoms with van der Waals surface area (Å²) in [5.41, 5.74) is 4.79. The standard InChI is InChI=1S/C31H46N2O3Si/c1-21(2)37(22(3)4,23(5)6)33-18-17-27-29(28(35-7)19-32-31(27)33)30(34)25-13-15-26(16-14-25)36-20-24-11-9-8-10-12-24/h8-12,17-19,21-23,25-26,30,34H,13-16,20H2,1-7H3/t25-,26-,30?. The highest BCUT2D eigenvalue weighted by Crippen LogP contribution is 2.46. The van der Waals surface area contributed by atoms with Crippen molar-refractivity contribution in [2.75, 3.05) is 7.11 Å². The van der Waals surface area contributed by atoms with Crippen LogP contribution in [0.15, 0.2) is 48.8 Å². The zero-order valence-corrected chi connectivity index (χ0v) is 24.8. The molecule has 0 aliphatic heterocycles. The minimum Gasteiger partial charge on any atom is -0.495 e. The number of fused-ring (bicyclic) bond motifs is 1. The van der Waals surface area contributed by atoms with Crippen LogP contribution in [-0.4, -0.2) is 35.8 Å². The second-order valence-corrected chi connectivity index (χ2v) is 17.5. The molecule has 5 nitrogen and oxygen atoms in total. The first kappa shape index (κ1) is 27.9. The molecule has 0 radical (unpaired) electrons. The average molecular weight is 523 g/mol. The van der Waals surface area contributed by atoms with E-state index in [0.29, 0.717) is 29.0 Å². The first-order chi connectivity index (χ1) is 17.7. The van der Waals surface area contributed by atoms with Crippen molar-refractivity contribution in [3.63, 3.8) is 0 Å². The van der Waals surface area contributed by atoms with Crippen molar-refractivity contribution in [1.29, 1.82) is 0 Å². The normalized spacial score (nSPS) is 19.8. The molecule has 202 valence electrons. The number of benzene rings is 1. The van der Waals surface area contributed by atoms with Crippen LogP contribution < -0.4 is 4.74 Å². The molecule has 1 aliphatic rings. The van der Waals surface area contributed by atoms with Crippen LogP contribution in [0.2, 0.25) is 16.6 Å². The van der Waals surface area contributed by atoms with Gasteiger partial charge >= 0.3 is 0 Å². The Bertz CT molecular complexity index is 1130. The number of ether oxygens (including phenoxy) is 2. The number of pyridine rings is 1. The van der Waals surface area contributed by atoms with Crippen molar-refractivity contribution in [3.8, 4) is 5.75 Å². The fraction of sp³-hybridized carbons (Fsp3) is 0.581. The lowest BCUT2D eigenvalue weighted by atomic mass is 9.81. The molecule has 1 saturated carbocycles. The maximum atomic E-state index is 11.7. The van der Waals surface area contributed by atoms with E-state index in [4.69, 9.17) is 14.5 Å². The molecule has 0 amide bonds. The summed E-state index contributed by atoms with van der Waals surface area (Å²) >= 11 is 0. The van der Waals surface area contributed by atoms with Gasteiger partial charge in [0, 0.05) is 10.9 Å². The third kappa shape index (κ3) is 5.25. The van der Waals surface area contributed by atoms with E-state index in [1.807, 2.05) is 12.3 Å². The lowest BCUT2D eigenvalue weighted by Gasteiger charge is -2.44. The molecule has 1 N–H and O–H groups in total. The molecule has 37 heavy (non-hydrogen) atoms. The van der Waals surface area contributed by atoms with Crippen molar-refractivity contribution >= 4 is 19.3 Å². The average Bonchev–Trinajstić information content (AvgIpc) is 3.31. The smallest absolute Gasteiger partial charge is 0.171 e. The number of rotatable bonds is 10. The lowest BCUT2D eigenvalue weighted by molar-refractivity contribution is -0.0136. The molecule has 3 aromatic rings. The van der Waals surface area contributed by atoms with Crippen LogP contribution in [-0.2, 0) is 11.3 Å². The molecule has 6 heteroatoms. The lowest BCUT2D eigenvalue weighted by Crippen LogP contribution is -2.51. The summed E-state index contributed by atoms with van der Waals surface area (Å²) in [6, 6.07) is 12.5. The van der Waals surface area contributed by atoms with Gasteiger partial charge in [-0.3, -0.25) is 0 Å². The molecule has 1 aromatic carbocycles. The van der Waals surface area contributed by atoms with Crippen molar-refractivity contribution < 1.29 is 14.6 Å². The molecule has 0 saturated heterocycles. The maximum Gasteiger partial charge on any atom is 0.171 e. The van der Waals surface area contributed by atoms with E-state index >= 15 is 0 Å². The second kappa shape index (κ2) is 11.7. The van der Waals surface area contributed by atoms with Gasteiger partial charge in [-0.25, -0.2) is 4.98 Å². The molecule has 2 aromatic heterocycles. The van der Waals surface area contributed by atoms with E-state index in [-0.39, 0.29) is 12.0 Å². The predicted molar refractivity (Wildman–Crippen MR) is 155 cm³/mol. The van der Waals surface area contributed by atoms with Crippen LogP contribution in [0.5, 0.6) is 5.75 Å². The second-order valence-electron chi connectivity index (χ2n) is 11.8. The number of hydrogen-bond donors (Lipinski definition) is 1. The zero-order chi connectivity index (χ0) is 26.7. The summed E-state index contributed by atoms with van der Waals surface area (Å²) < 4.78 is 14.5. The Hall–Kier alpha value is -2.15. The SMILES string of the molecule is COc1cnc2c(ccn2[Si](C(C)C)(C(C)C)C(C)C)c1C(O)[C@H]1CC[C@H](OCc2ccccc2)CC1. The van der Waals surface area contributed by atoms with E-state index in [0.717, 1.165) is 42.3 Å². The first-order valence-electron chi connectivity index (χ1n) is 14.1. The summed E-state index contributed by atoms with van der Waals surface area (Å²) in [4.78, 5) is 4.92. The molecule has 4 rings (SSSR count). The van der Waals surface area contributed by atoms with Crippen LogP contribution in [0.3, 0.4) is 0 Å². The van der Waals surface area contributed by atoms with Crippen molar-refractivity contribution in [2.24, 2.45) is 5.92 Å². The Balaban J connectivity index is 1.59. The van der Waals surface area contributed by atoms with Gasteiger partial charge in [-0.1, -0.05) is 71.9 Å². The van der Waals surface area contributed by atoms with Crippen LogP contribution in [0.1, 0.15) is 84.5 Å². The van der Waals surface area contributed by atoms with Crippen molar-refractivity contribution in [1.82, 2.24) is 9.22 Å². The highest BCUT2D eigenvalue weighted by atomic mass is 28.3. The van der Waals surface area contributed by atoms with Gasteiger partial charge in [-0.05, 0) is 66.1 Å². The van der Waals surface area contributed by atoms with E-state index in [1.54, 1.807) is 7.11 Å². The monoisotopic (exact) mass is 522 g/mol. The molecule has 0 bridgehead atoms. The van der Waals surface area contributed by atoms with Crippen molar-refractivity contribution in [3.05, 3.63) is 59.9 Å². The van der Waals surface area contributed by atoms with E-state index < -0.39 is 14.3 Å². The molecule has 2 heterocycles. The Morgan fingerprint density at radius 3 is 2.14 bits per heavy atom. The molecule has 1 aliphatic carbocycles. The minimum absolute atomic E-state index is 0.182. The van der Waals surface area contributed by atoms with E-state index in [9.17, 15) is 5.11 Å². The number of aliphatic hydroxyl groups is 1. The molecular weight excluding hydrogens is 476 g/mol. The van der Waals surface area contributed by atoms with Gasteiger partial charge in [-0.2, -0.15) is 0 Å². The summed E-state index contributed by atoms with van der Waals surface area (Å²) in [5, 5.41) is 12.8. The number of nitrogens with zero attached hydrogens (tertiary/aromatic N) is 2. The summed E-state index contributed by atoms with van der Waals surface area (Å²) in [6.07, 6.45) is 7.55. The summed E-state index contributed by atoms with van der Waals surface area (Å²) in [7, 11) is -0.292. The number of hydrogen-bond acceptors (Lipinski definition) is 4. The predicted octanol–water partition coefficient (Wildman–Crippen LogP) is 7.88. The molecular formula is C31H46N2O3Si. The number of aliphatic hydroxyl groups excluding tert-OH is 1. The number of aromatic nitrogens is 2. The highest BCUT2D eigenvalue weighted by molar-refractivity contribution is 6.82. The van der Waals surface area contributed by atoms with Gasteiger partial charge in [-0.15, -0.1) is 0 Å². The van der Waals surface area contributed by atoms with E-state index in [2.05, 4.69) is 82.3 Å². The van der Waals surface area contributed by atoms with Gasteiger partial charge in [0.15, 0.2) is 8.24 Å². The highest BCUT2D eigenvalue weighted by Gasteiger charge is 2.46. The topological polar surface area (TPSA) is 56.5 Å². The largest absolute Gasteiger partial charge is 0.495 e. The maximum absolute atomic E-state index is 11.7. The summed E-state index contributed by atoms with van der Waals surface area (Å²) in [6.45, 7) is 14.9. The first-order valence-corrected chi connectivity index (χ1v) is 16.3. The summed E-state index contributed by atoms with van der Waals surface area (Å²) in [5.74, 6) is 0.868. The van der Waals surface area contributed by atoms with Gasteiger partial charge in [0.25, 0.3) is 0 Å². The number of methoxy groups -OCH3 is 1. The Morgan fingerprint density at radius 1 is 0.946 bits per heavy atom. The van der Waals surface area contributed by atoms with Gasteiger partial charge in [0.1, 0.15) is 11.4 Å². The third-order valence-corrected chi connectivity index (χ3v) is 15.7. The van der Waals surface area contributed by atoms with Crippen molar-refractivity contribution in [2.45, 2.75) is 103 Å². The molecule has 0 spiro atoms. The van der Waals surface area contributed by atoms with E-state index in [1.165, 1.54) is 5.56 Å².